The number of hydrogen-bond donors (Lipinski definition) is 2. The zero-order valence-electron chi connectivity index (χ0n) is 9.38. The minimum Gasteiger partial charge on any atom is -0.352 e. The van der Waals surface area contributed by atoms with Crippen LogP contribution < -0.4 is 10.6 Å². The Morgan fingerprint density at radius 2 is 2.20 bits per heavy atom. The first-order valence-electron chi connectivity index (χ1n) is 5.68. The summed E-state index contributed by atoms with van der Waals surface area (Å²) < 4.78 is 0. The van der Waals surface area contributed by atoms with Crippen LogP contribution in [0.3, 0.4) is 0 Å². The van der Waals surface area contributed by atoms with Crippen LogP contribution in [0.1, 0.15) is 39.0 Å². The molecule has 3 nitrogen and oxygen atoms in total. The number of nitrogens with one attached hydrogen (secondary N) is 2. The molecule has 0 saturated heterocycles. The predicted molar refractivity (Wildman–Crippen MR) is 61.3 cm³/mol. The molecule has 3 heteroatoms. The Morgan fingerprint density at radius 3 is 2.80 bits per heavy atom. The highest BCUT2D eigenvalue weighted by molar-refractivity contribution is 5.78. The van der Waals surface area contributed by atoms with E-state index >= 15 is 0 Å². The molecule has 1 atom stereocenters. The molecule has 15 heavy (non-hydrogen) atoms. The van der Waals surface area contributed by atoms with Crippen LogP contribution in [0.5, 0.6) is 0 Å². The molecule has 1 unspecified atom stereocenters. The number of terminal acetylenes is 1. The van der Waals surface area contributed by atoms with Gasteiger partial charge in [0.1, 0.15) is 0 Å². The van der Waals surface area contributed by atoms with Gasteiger partial charge in [-0.3, -0.25) is 4.79 Å². The van der Waals surface area contributed by atoms with Crippen LogP contribution in [0.2, 0.25) is 0 Å². The molecule has 0 radical (unpaired) electrons. The lowest BCUT2D eigenvalue weighted by Gasteiger charge is -2.14. The van der Waals surface area contributed by atoms with E-state index in [1.165, 1.54) is 25.7 Å². The summed E-state index contributed by atoms with van der Waals surface area (Å²) in [6.07, 6.45) is 10.7. The lowest BCUT2D eigenvalue weighted by Crippen LogP contribution is -2.41. The lowest BCUT2D eigenvalue weighted by atomic mass is 10.2. The molecule has 0 aromatic carbocycles. The molecule has 2 N–H and O–H groups in total. The predicted octanol–water partition coefficient (Wildman–Crippen LogP) is 1.05. The summed E-state index contributed by atoms with van der Waals surface area (Å²) in [5.41, 5.74) is 0. The van der Waals surface area contributed by atoms with Crippen LogP contribution in [-0.2, 0) is 4.79 Å². The largest absolute Gasteiger partial charge is 0.352 e. The van der Waals surface area contributed by atoms with Gasteiger partial charge in [-0.25, -0.2) is 0 Å². The van der Waals surface area contributed by atoms with E-state index in [1.54, 1.807) is 0 Å². The van der Waals surface area contributed by atoms with Crippen molar-refractivity contribution in [1.29, 1.82) is 0 Å². The van der Waals surface area contributed by atoms with Crippen molar-refractivity contribution >= 4 is 5.91 Å². The monoisotopic (exact) mass is 208 g/mol. The van der Waals surface area contributed by atoms with Crippen molar-refractivity contribution in [2.24, 2.45) is 0 Å². The Hall–Kier alpha value is -1.01. The summed E-state index contributed by atoms with van der Waals surface area (Å²) in [5.74, 6) is 2.58. The van der Waals surface area contributed by atoms with E-state index in [1.807, 2.05) is 6.92 Å². The Bertz CT molecular complexity index is 238. The van der Waals surface area contributed by atoms with E-state index in [0.717, 1.165) is 0 Å². The number of carbonyl (C=O) groups excluding carboxylic acids is 1. The summed E-state index contributed by atoms with van der Waals surface area (Å²) in [7, 11) is 0. The van der Waals surface area contributed by atoms with Crippen LogP contribution in [0.15, 0.2) is 0 Å². The van der Waals surface area contributed by atoms with Gasteiger partial charge in [-0.1, -0.05) is 12.8 Å². The molecule has 1 rings (SSSR count). The number of carbonyl (C=O) groups is 1. The normalized spacial score (nSPS) is 18.4. The van der Waals surface area contributed by atoms with E-state index in [4.69, 9.17) is 6.42 Å². The minimum absolute atomic E-state index is 0.0460. The second kappa shape index (κ2) is 6.47. The van der Waals surface area contributed by atoms with Gasteiger partial charge in [0.15, 0.2) is 0 Å². The first-order chi connectivity index (χ1) is 7.22. The zero-order valence-corrected chi connectivity index (χ0v) is 9.38. The van der Waals surface area contributed by atoms with Gasteiger partial charge in [0.25, 0.3) is 0 Å². The average molecular weight is 208 g/mol. The van der Waals surface area contributed by atoms with Crippen molar-refractivity contribution in [3.8, 4) is 12.3 Å². The van der Waals surface area contributed by atoms with Gasteiger partial charge in [0.2, 0.25) is 5.91 Å². The number of rotatable bonds is 5. The standard InChI is InChI=1S/C12H20N2O/c1-3-6-10(2)14-12(15)9-13-11-7-4-5-8-11/h1,10-11,13H,4-9H2,2H3,(H,14,15). The Balaban J connectivity index is 2.10. The topological polar surface area (TPSA) is 41.1 Å². The molecule has 0 aromatic rings. The van der Waals surface area contributed by atoms with Crippen LogP contribution in [0, 0.1) is 12.3 Å². The smallest absolute Gasteiger partial charge is 0.234 e. The highest BCUT2D eigenvalue weighted by Gasteiger charge is 2.15. The summed E-state index contributed by atoms with van der Waals surface area (Å²) >= 11 is 0. The van der Waals surface area contributed by atoms with Crippen molar-refractivity contribution in [2.45, 2.75) is 51.1 Å². The number of amides is 1. The maximum Gasteiger partial charge on any atom is 0.234 e. The summed E-state index contributed by atoms with van der Waals surface area (Å²) in [6, 6.07) is 0.617. The van der Waals surface area contributed by atoms with Crippen LogP contribution >= 0.6 is 0 Å². The quantitative estimate of drug-likeness (QED) is 0.663. The van der Waals surface area contributed by atoms with E-state index < -0.39 is 0 Å². The second-order valence-electron chi connectivity index (χ2n) is 4.24. The van der Waals surface area contributed by atoms with Gasteiger partial charge in [-0.05, 0) is 19.8 Å². The fourth-order valence-corrected chi connectivity index (χ4v) is 1.92. The first kappa shape index (κ1) is 12.1. The third kappa shape index (κ3) is 4.85. The molecule has 1 aliphatic carbocycles. The summed E-state index contributed by atoms with van der Waals surface area (Å²) in [4.78, 5) is 11.4. The van der Waals surface area contributed by atoms with Gasteiger partial charge < -0.3 is 10.6 Å². The van der Waals surface area contributed by atoms with E-state index in [0.29, 0.717) is 19.0 Å². The lowest BCUT2D eigenvalue weighted by molar-refractivity contribution is -0.120. The fraction of sp³-hybridized carbons (Fsp3) is 0.750. The summed E-state index contributed by atoms with van der Waals surface area (Å²) in [5, 5.41) is 6.13. The van der Waals surface area contributed by atoms with Crippen LogP contribution in [0.25, 0.3) is 0 Å². The SMILES string of the molecule is C#CCC(C)NC(=O)CNC1CCCC1. The van der Waals surface area contributed by atoms with Crippen molar-refractivity contribution in [2.75, 3.05) is 6.54 Å². The first-order valence-corrected chi connectivity index (χ1v) is 5.68. The fourth-order valence-electron chi connectivity index (χ4n) is 1.92. The molecular formula is C12H20N2O. The Labute approximate surface area is 92.0 Å². The average Bonchev–Trinajstić information content (AvgIpc) is 2.67. The molecule has 1 saturated carbocycles. The Kier molecular flexibility index (Phi) is 5.20. The molecule has 0 aromatic heterocycles. The van der Waals surface area contributed by atoms with Crippen molar-refractivity contribution in [3.05, 3.63) is 0 Å². The maximum atomic E-state index is 11.4. The second-order valence-corrected chi connectivity index (χ2v) is 4.24. The molecule has 1 fully saturated rings. The van der Waals surface area contributed by atoms with Gasteiger partial charge in [0, 0.05) is 18.5 Å². The highest BCUT2D eigenvalue weighted by Crippen LogP contribution is 2.17. The van der Waals surface area contributed by atoms with Gasteiger partial charge >= 0.3 is 0 Å². The zero-order chi connectivity index (χ0) is 11.1. The van der Waals surface area contributed by atoms with E-state index in [9.17, 15) is 4.79 Å². The maximum absolute atomic E-state index is 11.4. The van der Waals surface area contributed by atoms with Crippen molar-refractivity contribution in [1.82, 2.24) is 10.6 Å². The van der Waals surface area contributed by atoms with Crippen LogP contribution in [0.4, 0.5) is 0 Å². The van der Waals surface area contributed by atoms with E-state index in [-0.39, 0.29) is 11.9 Å². The van der Waals surface area contributed by atoms with Crippen LogP contribution in [-0.4, -0.2) is 24.5 Å². The molecule has 0 spiro atoms. The Morgan fingerprint density at radius 1 is 1.53 bits per heavy atom. The van der Waals surface area contributed by atoms with E-state index in [2.05, 4.69) is 16.6 Å². The van der Waals surface area contributed by atoms with Gasteiger partial charge in [-0.2, -0.15) is 0 Å². The highest BCUT2D eigenvalue weighted by atomic mass is 16.1. The third-order valence-corrected chi connectivity index (χ3v) is 2.74. The van der Waals surface area contributed by atoms with Crippen molar-refractivity contribution in [3.63, 3.8) is 0 Å². The third-order valence-electron chi connectivity index (χ3n) is 2.74. The molecule has 1 aliphatic rings. The molecule has 0 bridgehead atoms. The molecule has 0 aliphatic heterocycles. The summed E-state index contributed by atoms with van der Waals surface area (Å²) in [6.45, 7) is 2.34. The molecule has 1 amide bonds. The molecule has 84 valence electrons. The van der Waals surface area contributed by atoms with Gasteiger partial charge in [0.05, 0.1) is 6.54 Å². The molecular weight excluding hydrogens is 188 g/mol. The number of hydrogen-bond acceptors (Lipinski definition) is 2. The minimum atomic E-state index is 0.0460. The van der Waals surface area contributed by atoms with Crippen molar-refractivity contribution < 1.29 is 4.79 Å². The molecule has 0 heterocycles. The van der Waals surface area contributed by atoms with Gasteiger partial charge in [-0.15, -0.1) is 12.3 Å².